The number of aromatic nitrogens is 4. The molecule has 0 atom stereocenters. The molecular weight excluding hydrogens is 427 g/mol. The third kappa shape index (κ3) is 4.31. The lowest BCUT2D eigenvalue weighted by Gasteiger charge is -2.35. The fraction of sp³-hybridized carbons (Fsp3) is 0.538. The van der Waals surface area contributed by atoms with Crippen molar-refractivity contribution in [3.8, 4) is 0 Å². The summed E-state index contributed by atoms with van der Waals surface area (Å²) >= 11 is 1.67. The van der Waals surface area contributed by atoms with E-state index in [0.29, 0.717) is 12.5 Å². The minimum absolute atomic E-state index is 0. The highest BCUT2D eigenvalue weighted by Gasteiger charge is 2.19. The largest absolute Gasteiger partial charge is 0.370 e. The molecule has 0 spiro atoms. The molecule has 3 rings (SSSR count). The van der Waals surface area contributed by atoms with E-state index in [-0.39, 0.29) is 24.0 Å². The number of rotatable bonds is 4. The fourth-order valence-electron chi connectivity index (χ4n) is 2.42. The normalized spacial score (nSPS) is 15.6. The van der Waals surface area contributed by atoms with Gasteiger partial charge in [0, 0.05) is 44.3 Å². The molecule has 2 aromatic rings. The first-order valence-corrected chi connectivity index (χ1v) is 8.22. The van der Waals surface area contributed by atoms with Crippen molar-refractivity contribution in [2.75, 3.05) is 31.1 Å². The predicted octanol–water partition coefficient (Wildman–Crippen LogP) is 1.01. The number of aliphatic imine (C=N–C) groups is 1. The summed E-state index contributed by atoms with van der Waals surface area (Å²) in [6.07, 6.45) is 3.56. The molecule has 0 aliphatic carbocycles. The van der Waals surface area contributed by atoms with Crippen LogP contribution in [0.4, 0.5) is 5.13 Å². The summed E-state index contributed by atoms with van der Waals surface area (Å²) in [5, 5.41) is 11.0. The lowest BCUT2D eigenvalue weighted by molar-refractivity contribution is 0.380. The standard InChI is InChI=1S/C13H20N8S.HI/c1-2-19-10-17-18-11(19)9-16-12(14)20-4-6-21(7-5-20)13-15-3-8-22-13;/h3,8,10H,2,4-7,9H2,1H3,(H2,14,16);1H. The van der Waals surface area contributed by atoms with Gasteiger partial charge in [-0.3, -0.25) is 0 Å². The average Bonchev–Trinajstić information content (AvgIpc) is 3.24. The summed E-state index contributed by atoms with van der Waals surface area (Å²) in [6, 6.07) is 0. The maximum absolute atomic E-state index is 6.11. The van der Waals surface area contributed by atoms with Gasteiger partial charge in [0.1, 0.15) is 12.9 Å². The van der Waals surface area contributed by atoms with Gasteiger partial charge in [-0.1, -0.05) is 0 Å². The smallest absolute Gasteiger partial charge is 0.191 e. The van der Waals surface area contributed by atoms with Crippen molar-refractivity contribution in [1.82, 2.24) is 24.6 Å². The second kappa shape index (κ2) is 8.43. The summed E-state index contributed by atoms with van der Waals surface area (Å²) < 4.78 is 1.97. The number of hydrogen-bond acceptors (Lipinski definition) is 6. The van der Waals surface area contributed by atoms with Gasteiger partial charge < -0.3 is 20.1 Å². The van der Waals surface area contributed by atoms with Crippen molar-refractivity contribution in [2.45, 2.75) is 20.0 Å². The SMILES string of the molecule is CCn1cnnc1CN=C(N)N1CCN(c2nccs2)CC1.I. The van der Waals surface area contributed by atoms with Crippen LogP contribution in [-0.4, -0.2) is 56.8 Å². The number of anilines is 1. The van der Waals surface area contributed by atoms with Gasteiger partial charge in [-0.05, 0) is 6.92 Å². The minimum Gasteiger partial charge on any atom is -0.370 e. The maximum atomic E-state index is 6.11. The number of nitrogens with zero attached hydrogens (tertiary/aromatic N) is 7. The average molecular weight is 448 g/mol. The van der Waals surface area contributed by atoms with Crippen molar-refractivity contribution >= 4 is 46.4 Å². The fourth-order valence-corrected chi connectivity index (χ4v) is 3.11. The van der Waals surface area contributed by atoms with Gasteiger partial charge in [0.05, 0.1) is 0 Å². The molecule has 0 radical (unpaired) electrons. The number of guanidine groups is 1. The van der Waals surface area contributed by atoms with Gasteiger partial charge in [-0.25, -0.2) is 9.98 Å². The van der Waals surface area contributed by atoms with Crippen LogP contribution in [0.2, 0.25) is 0 Å². The third-order valence-corrected chi connectivity index (χ3v) is 4.54. The minimum atomic E-state index is 0. The molecule has 2 N–H and O–H groups in total. The van der Waals surface area contributed by atoms with Crippen LogP contribution in [-0.2, 0) is 13.1 Å². The highest BCUT2D eigenvalue weighted by atomic mass is 127. The Balaban J connectivity index is 0.00000192. The molecule has 8 nitrogen and oxygen atoms in total. The summed E-state index contributed by atoms with van der Waals surface area (Å²) in [5.41, 5.74) is 6.11. The molecule has 2 aromatic heterocycles. The Labute approximate surface area is 156 Å². The molecule has 1 saturated heterocycles. The van der Waals surface area contributed by atoms with E-state index in [1.807, 2.05) is 16.1 Å². The predicted molar refractivity (Wildman–Crippen MR) is 102 cm³/mol. The summed E-state index contributed by atoms with van der Waals surface area (Å²) in [7, 11) is 0. The van der Waals surface area contributed by atoms with E-state index in [1.165, 1.54) is 0 Å². The number of piperazine rings is 1. The van der Waals surface area contributed by atoms with E-state index >= 15 is 0 Å². The van der Waals surface area contributed by atoms with E-state index in [0.717, 1.165) is 43.7 Å². The zero-order valence-corrected chi connectivity index (χ0v) is 16.1. The lowest BCUT2D eigenvalue weighted by atomic mass is 10.3. The van der Waals surface area contributed by atoms with E-state index < -0.39 is 0 Å². The zero-order valence-electron chi connectivity index (χ0n) is 13.0. The van der Waals surface area contributed by atoms with Gasteiger partial charge >= 0.3 is 0 Å². The first-order chi connectivity index (χ1) is 10.8. The van der Waals surface area contributed by atoms with Crippen LogP contribution in [0.1, 0.15) is 12.7 Å². The molecule has 10 heteroatoms. The Morgan fingerprint density at radius 3 is 2.78 bits per heavy atom. The Bertz CT molecular complexity index is 618. The van der Waals surface area contributed by atoms with Crippen LogP contribution >= 0.6 is 35.3 Å². The van der Waals surface area contributed by atoms with Crippen LogP contribution < -0.4 is 10.6 Å². The molecule has 1 fully saturated rings. The molecule has 0 saturated carbocycles. The Hall–Kier alpha value is -1.43. The maximum Gasteiger partial charge on any atom is 0.191 e. The number of thiazole rings is 1. The summed E-state index contributed by atoms with van der Waals surface area (Å²) in [5.74, 6) is 1.41. The molecule has 1 aliphatic rings. The molecule has 0 unspecified atom stereocenters. The van der Waals surface area contributed by atoms with Crippen molar-refractivity contribution in [2.24, 2.45) is 10.7 Å². The van der Waals surface area contributed by atoms with Gasteiger partial charge in [-0.15, -0.1) is 45.5 Å². The monoisotopic (exact) mass is 448 g/mol. The second-order valence-corrected chi connectivity index (χ2v) is 5.87. The van der Waals surface area contributed by atoms with E-state index in [1.54, 1.807) is 17.7 Å². The van der Waals surface area contributed by atoms with Crippen LogP contribution in [0.3, 0.4) is 0 Å². The molecule has 126 valence electrons. The van der Waals surface area contributed by atoms with Crippen LogP contribution in [0.25, 0.3) is 0 Å². The molecule has 0 aromatic carbocycles. The Morgan fingerprint density at radius 1 is 1.35 bits per heavy atom. The van der Waals surface area contributed by atoms with E-state index in [4.69, 9.17) is 5.73 Å². The Morgan fingerprint density at radius 2 is 2.13 bits per heavy atom. The van der Waals surface area contributed by atoms with Crippen LogP contribution in [0, 0.1) is 0 Å². The number of hydrogen-bond donors (Lipinski definition) is 1. The quantitative estimate of drug-likeness (QED) is 0.427. The van der Waals surface area contributed by atoms with Gasteiger partial charge in [0.15, 0.2) is 16.9 Å². The summed E-state index contributed by atoms with van der Waals surface area (Å²) in [6.45, 7) is 6.89. The van der Waals surface area contributed by atoms with E-state index in [9.17, 15) is 0 Å². The first-order valence-electron chi connectivity index (χ1n) is 7.34. The van der Waals surface area contributed by atoms with Crippen molar-refractivity contribution in [1.29, 1.82) is 0 Å². The number of halogens is 1. The highest BCUT2D eigenvalue weighted by molar-refractivity contribution is 14.0. The Kier molecular flexibility index (Phi) is 6.57. The van der Waals surface area contributed by atoms with Crippen molar-refractivity contribution in [3.05, 3.63) is 23.7 Å². The zero-order chi connectivity index (χ0) is 15.4. The van der Waals surface area contributed by atoms with Gasteiger partial charge in [0.2, 0.25) is 0 Å². The molecular formula is C13H21IN8S. The molecule has 0 amide bonds. The van der Waals surface area contributed by atoms with E-state index in [2.05, 4.69) is 36.9 Å². The van der Waals surface area contributed by atoms with Crippen LogP contribution in [0.15, 0.2) is 22.9 Å². The highest BCUT2D eigenvalue weighted by Crippen LogP contribution is 2.18. The van der Waals surface area contributed by atoms with Gasteiger partial charge in [-0.2, -0.15) is 0 Å². The lowest BCUT2D eigenvalue weighted by Crippen LogP contribution is -2.51. The second-order valence-electron chi connectivity index (χ2n) is 5.00. The molecule has 1 aliphatic heterocycles. The van der Waals surface area contributed by atoms with Crippen molar-refractivity contribution < 1.29 is 0 Å². The number of nitrogens with two attached hydrogens (primary N) is 1. The molecule has 23 heavy (non-hydrogen) atoms. The first kappa shape index (κ1) is 17.9. The molecule has 0 bridgehead atoms. The third-order valence-electron chi connectivity index (χ3n) is 3.71. The topological polar surface area (TPSA) is 88.5 Å². The number of aryl methyl sites for hydroxylation is 1. The van der Waals surface area contributed by atoms with Gasteiger partial charge in [0.25, 0.3) is 0 Å². The molecule has 3 heterocycles. The summed E-state index contributed by atoms with van der Waals surface area (Å²) in [4.78, 5) is 13.2. The van der Waals surface area contributed by atoms with Crippen molar-refractivity contribution in [3.63, 3.8) is 0 Å². The van der Waals surface area contributed by atoms with Crippen LogP contribution in [0.5, 0.6) is 0 Å².